The molecule has 0 radical (unpaired) electrons. The Morgan fingerprint density at radius 2 is 2.55 bits per heavy atom. The molecule has 0 amide bonds. The van der Waals surface area contributed by atoms with Crippen LogP contribution in [0.3, 0.4) is 0 Å². The molecular formula is C6H8N2O2S. The van der Waals surface area contributed by atoms with E-state index in [1.165, 1.54) is 5.51 Å². The maximum absolute atomic E-state index is 10.5. The fourth-order valence-corrected chi connectivity index (χ4v) is 1.43. The minimum atomic E-state index is -0.920. The lowest BCUT2D eigenvalue weighted by atomic mass is 10.3. The molecular weight excluding hydrogens is 164 g/mol. The number of hydrogen-bond acceptors (Lipinski definition) is 4. The van der Waals surface area contributed by atoms with Crippen molar-refractivity contribution in [2.45, 2.75) is 6.42 Å². The third-order valence-corrected chi connectivity index (χ3v) is 2.07. The lowest BCUT2D eigenvalue weighted by Gasteiger charge is -1.92. The van der Waals surface area contributed by atoms with Gasteiger partial charge in [-0.3, -0.25) is 0 Å². The fourth-order valence-electron chi connectivity index (χ4n) is 0.758. The highest BCUT2D eigenvalue weighted by Crippen LogP contribution is 2.12. The molecule has 1 rings (SSSR count). The minimum Gasteiger partial charge on any atom is -0.477 e. The number of nitrogens with zero attached hydrogens (tertiary/aromatic N) is 1. The van der Waals surface area contributed by atoms with Crippen LogP contribution in [0.15, 0.2) is 5.51 Å². The molecule has 4 nitrogen and oxygen atoms in total. The average Bonchev–Trinajstić information content (AvgIpc) is 2.36. The number of aromatic nitrogens is 1. The van der Waals surface area contributed by atoms with Gasteiger partial charge in [0, 0.05) is 6.42 Å². The lowest BCUT2D eigenvalue weighted by Crippen LogP contribution is -2.06. The van der Waals surface area contributed by atoms with Crippen LogP contribution < -0.4 is 5.73 Å². The SMILES string of the molecule is NCCc1ncsc1C(=O)O. The first-order chi connectivity index (χ1) is 5.25. The second-order valence-electron chi connectivity index (χ2n) is 1.97. The first-order valence-corrected chi connectivity index (χ1v) is 3.99. The summed E-state index contributed by atoms with van der Waals surface area (Å²) in [5.41, 5.74) is 7.37. The van der Waals surface area contributed by atoms with Crippen molar-refractivity contribution in [2.75, 3.05) is 6.54 Å². The number of carbonyl (C=O) groups is 1. The van der Waals surface area contributed by atoms with E-state index in [1.807, 2.05) is 0 Å². The van der Waals surface area contributed by atoms with Gasteiger partial charge in [0.05, 0.1) is 11.2 Å². The Morgan fingerprint density at radius 3 is 3.09 bits per heavy atom. The quantitative estimate of drug-likeness (QED) is 0.689. The van der Waals surface area contributed by atoms with Crippen LogP contribution in [0, 0.1) is 0 Å². The second kappa shape index (κ2) is 3.45. The number of carboxylic acid groups (broad SMARTS) is 1. The minimum absolute atomic E-state index is 0.301. The molecule has 1 aromatic heterocycles. The molecule has 0 spiro atoms. The van der Waals surface area contributed by atoms with Crippen molar-refractivity contribution < 1.29 is 9.90 Å². The third-order valence-electron chi connectivity index (χ3n) is 1.22. The van der Waals surface area contributed by atoms with Gasteiger partial charge >= 0.3 is 5.97 Å². The zero-order valence-corrected chi connectivity index (χ0v) is 6.60. The van der Waals surface area contributed by atoms with Crippen molar-refractivity contribution in [2.24, 2.45) is 5.73 Å². The van der Waals surface area contributed by atoms with Crippen molar-refractivity contribution >= 4 is 17.3 Å². The number of carboxylic acids is 1. The summed E-state index contributed by atoms with van der Waals surface area (Å²) < 4.78 is 0. The van der Waals surface area contributed by atoms with E-state index in [2.05, 4.69) is 4.98 Å². The van der Waals surface area contributed by atoms with Crippen LogP contribution in [0.5, 0.6) is 0 Å². The van der Waals surface area contributed by atoms with Gasteiger partial charge in [0.2, 0.25) is 0 Å². The number of aromatic carboxylic acids is 1. The van der Waals surface area contributed by atoms with Crippen LogP contribution in [0.1, 0.15) is 15.4 Å². The molecule has 0 aromatic carbocycles. The van der Waals surface area contributed by atoms with Gasteiger partial charge in [-0.1, -0.05) is 0 Å². The van der Waals surface area contributed by atoms with Crippen molar-refractivity contribution in [1.29, 1.82) is 0 Å². The zero-order chi connectivity index (χ0) is 8.27. The number of rotatable bonds is 3. The average molecular weight is 172 g/mol. The normalized spacial score (nSPS) is 9.91. The van der Waals surface area contributed by atoms with Crippen LogP contribution in [0.2, 0.25) is 0 Å². The lowest BCUT2D eigenvalue weighted by molar-refractivity contribution is 0.0701. The summed E-state index contributed by atoms with van der Waals surface area (Å²) in [6.45, 7) is 0.435. The topological polar surface area (TPSA) is 76.2 Å². The van der Waals surface area contributed by atoms with E-state index in [9.17, 15) is 4.79 Å². The molecule has 1 heterocycles. The standard InChI is InChI=1S/C6H8N2O2S/c7-2-1-4-5(6(9)10)11-3-8-4/h3H,1-2,7H2,(H,9,10). The first-order valence-electron chi connectivity index (χ1n) is 3.11. The van der Waals surface area contributed by atoms with Crippen molar-refractivity contribution in [1.82, 2.24) is 4.98 Å². The Kier molecular flexibility index (Phi) is 2.56. The van der Waals surface area contributed by atoms with E-state index in [0.29, 0.717) is 23.5 Å². The van der Waals surface area contributed by atoms with Gasteiger partial charge < -0.3 is 10.8 Å². The molecule has 0 aliphatic heterocycles. The molecule has 0 saturated carbocycles. The van der Waals surface area contributed by atoms with E-state index in [1.54, 1.807) is 0 Å². The van der Waals surface area contributed by atoms with E-state index >= 15 is 0 Å². The largest absolute Gasteiger partial charge is 0.477 e. The monoisotopic (exact) mass is 172 g/mol. The molecule has 1 aromatic rings. The molecule has 0 saturated heterocycles. The van der Waals surface area contributed by atoms with Crippen LogP contribution in [-0.2, 0) is 6.42 Å². The molecule has 5 heteroatoms. The van der Waals surface area contributed by atoms with Crippen LogP contribution in [0.4, 0.5) is 0 Å². The van der Waals surface area contributed by atoms with Gasteiger partial charge in [-0.25, -0.2) is 9.78 Å². The highest BCUT2D eigenvalue weighted by Gasteiger charge is 2.11. The summed E-state index contributed by atoms with van der Waals surface area (Å²) in [6.07, 6.45) is 0.533. The number of nitrogens with two attached hydrogens (primary N) is 1. The number of hydrogen-bond donors (Lipinski definition) is 2. The molecule has 11 heavy (non-hydrogen) atoms. The van der Waals surface area contributed by atoms with Crippen molar-refractivity contribution in [3.63, 3.8) is 0 Å². The molecule has 0 aliphatic carbocycles. The zero-order valence-electron chi connectivity index (χ0n) is 5.78. The Bertz CT molecular complexity index is 259. The Balaban J connectivity index is 2.87. The van der Waals surface area contributed by atoms with E-state index in [4.69, 9.17) is 10.8 Å². The Labute approximate surface area is 67.7 Å². The van der Waals surface area contributed by atoms with Crippen LogP contribution >= 0.6 is 11.3 Å². The maximum Gasteiger partial charge on any atom is 0.347 e. The highest BCUT2D eigenvalue weighted by atomic mass is 32.1. The predicted octanol–water partition coefficient (Wildman–Crippen LogP) is 0.342. The first kappa shape index (κ1) is 8.16. The fraction of sp³-hybridized carbons (Fsp3) is 0.333. The molecule has 0 aliphatic rings. The summed E-state index contributed by atoms with van der Waals surface area (Å²) in [4.78, 5) is 14.7. The summed E-state index contributed by atoms with van der Waals surface area (Å²) in [5.74, 6) is -0.920. The summed E-state index contributed by atoms with van der Waals surface area (Å²) >= 11 is 1.13. The highest BCUT2D eigenvalue weighted by molar-refractivity contribution is 7.11. The number of thiazole rings is 1. The molecule has 60 valence electrons. The maximum atomic E-state index is 10.5. The van der Waals surface area contributed by atoms with Gasteiger partial charge in [-0.05, 0) is 6.54 Å². The summed E-state index contributed by atoms with van der Waals surface area (Å²) in [7, 11) is 0. The van der Waals surface area contributed by atoms with Crippen LogP contribution in [-0.4, -0.2) is 22.6 Å². The molecule has 0 fully saturated rings. The van der Waals surface area contributed by atoms with Gasteiger partial charge in [0.15, 0.2) is 0 Å². The van der Waals surface area contributed by atoms with Crippen molar-refractivity contribution in [3.8, 4) is 0 Å². The summed E-state index contributed by atoms with van der Waals surface area (Å²) in [5, 5.41) is 8.61. The molecule has 0 atom stereocenters. The third kappa shape index (κ3) is 1.75. The summed E-state index contributed by atoms with van der Waals surface area (Å²) in [6, 6.07) is 0. The molecule has 0 bridgehead atoms. The second-order valence-corrected chi connectivity index (χ2v) is 2.83. The smallest absolute Gasteiger partial charge is 0.347 e. The van der Waals surface area contributed by atoms with Gasteiger partial charge in [0.1, 0.15) is 4.88 Å². The van der Waals surface area contributed by atoms with E-state index in [0.717, 1.165) is 11.3 Å². The van der Waals surface area contributed by atoms with Gasteiger partial charge in [0.25, 0.3) is 0 Å². The van der Waals surface area contributed by atoms with E-state index in [-0.39, 0.29) is 0 Å². The van der Waals surface area contributed by atoms with Gasteiger partial charge in [-0.15, -0.1) is 11.3 Å². The van der Waals surface area contributed by atoms with E-state index < -0.39 is 5.97 Å². The van der Waals surface area contributed by atoms with Crippen LogP contribution in [0.25, 0.3) is 0 Å². The predicted molar refractivity (Wildman–Crippen MR) is 41.8 cm³/mol. The van der Waals surface area contributed by atoms with Gasteiger partial charge in [-0.2, -0.15) is 0 Å². The molecule has 0 unspecified atom stereocenters. The van der Waals surface area contributed by atoms with Crippen molar-refractivity contribution in [3.05, 3.63) is 16.1 Å². The Morgan fingerprint density at radius 1 is 1.82 bits per heavy atom. The Hall–Kier alpha value is -0.940. The molecule has 3 N–H and O–H groups in total.